The Bertz CT molecular complexity index is 790. The van der Waals surface area contributed by atoms with Crippen molar-refractivity contribution in [1.82, 2.24) is 25.0 Å². The quantitative estimate of drug-likeness (QED) is 0.605. The summed E-state index contributed by atoms with van der Waals surface area (Å²) in [6.07, 6.45) is 4.52. The zero-order chi connectivity index (χ0) is 19.9. The number of hydrogen-bond acceptors (Lipinski definition) is 4. The Morgan fingerprint density at radius 2 is 2.04 bits per heavy atom. The molecule has 0 atom stereocenters. The van der Waals surface area contributed by atoms with Crippen LogP contribution in [0.3, 0.4) is 0 Å². The summed E-state index contributed by atoms with van der Waals surface area (Å²) < 4.78 is 31.1. The highest BCUT2D eigenvalue weighted by Gasteiger charge is 2.15. The fourth-order valence-electron chi connectivity index (χ4n) is 3.34. The first-order valence-corrected chi connectivity index (χ1v) is 9.43. The number of nitrogens with zero attached hydrogens (tertiary/aromatic N) is 5. The third kappa shape index (κ3) is 5.17. The Morgan fingerprint density at radius 3 is 2.75 bits per heavy atom. The molecule has 1 N–H and O–H groups in total. The van der Waals surface area contributed by atoms with Crippen molar-refractivity contribution in [3.05, 3.63) is 41.5 Å². The van der Waals surface area contributed by atoms with Crippen molar-refractivity contribution in [2.45, 2.75) is 51.9 Å². The van der Waals surface area contributed by atoms with E-state index in [0.717, 1.165) is 49.0 Å². The van der Waals surface area contributed by atoms with Gasteiger partial charge in [-0.1, -0.05) is 18.6 Å². The Morgan fingerprint density at radius 1 is 1.25 bits per heavy atom. The molecule has 2 aromatic rings. The number of fused-ring (bicyclic) bond motifs is 1. The molecule has 0 radical (unpaired) electrons. The molecule has 9 heteroatoms. The molecule has 3 rings (SSSR count). The lowest BCUT2D eigenvalue weighted by Gasteiger charge is -2.22. The number of benzene rings is 1. The van der Waals surface area contributed by atoms with Crippen molar-refractivity contribution in [3.8, 4) is 5.75 Å². The van der Waals surface area contributed by atoms with Crippen LogP contribution in [0.15, 0.2) is 29.3 Å². The normalized spacial score (nSPS) is 14.5. The van der Waals surface area contributed by atoms with Crippen molar-refractivity contribution in [2.24, 2.45) is 4.99 Å². The van der Waals surface area contributed by atoms with Gasteiger partial charge in [0.15, 0.2) is 11.8 Å². The van der Waals surface area contributed by atoms with E-state index < -0.39 is 6.61 Å². The zero-order valence-corrected chi connectivity index (χ0v) is 16.2. The largest absolute Gasteiger partial charge is 0.435 e. The van der Waals surface area contributed by atoms with Gasteiger partial charge in [-0.25, -0.2) is 0 Å². The molecule has 0 amide bonds. The Hall–Kier alpha value is -2.71. The van der Waals surface area contributed by atoms with Gasteiger partial charge in [0.05, 0.1) is 6.54 Å². The van der Waals surface area contributed by atoms with E-state index in [2.05, 4.69) is 29.8 Å². The predicted octanol–water partition coefficient (Wildman–Crippen LogP) is 2.81. The van der Waals surface area contributed by atoms with Gasteiger partial charge in [-0.15, -0.1) is 10.2 Å². The van der Waals surface area contributed by atoms with Crippen LogP contribution in [0, 0.1) is 0 Å². The Balaban J connectivity index is 1.57. The van der Waals surface area contributed by atoms with Crippen LogP contribution >= 0.6 is 0 Å². The second-order valence-corrected chi connectivity index (χ2v) is 6.77. The topological polar surface area (TPSA) is 67.6 Å². The summed E-state index contributed by atoms with van der Waals surface area (Å²) in [5, 5.41) is 12.0. The molecule has 1 aromatic heterocycles. The fraction of sp³-hybridized carbons (Fsp3) is 0.526. The summed E-state index contributed by atoms with van der Waals surface area (Å²) in [6.45, 7) is -0.734. The van der Waals surface area contributed by atoms with Crippen molar-refractivity contribution in [1.29, 1.82) is 0 Å². The minimum Gasteiger partial charge on any atom is -0.435 e. The van der Waals surface area contributed by atoms with E-state index >= 15 is 0 Å². The SMILES string of the molecule is CN=C(NCc1nnc2n1CCCCC2)N(C)Cc1ccc(OC(F)F)cc1. The molecule has 0 fully saturated rings. The minimum absolute atomic E-state index is 0.149. The number of aromatic nitrogens is 3. The average molecular weight is 392 g/mol. The Kier molecular flexibility index (Phi) is 6.78. The van der Waals surface area contributed by atoms with Gasteiger partial charge in [-0.3, -0.25) is 4.99 Å². The van der Waals surface area contributed by atoms with Gasteiger partial charge in [0.1, 0.15) is 11.6 Å². The van der Waals surface area contributed by atoms with Crippen LogP contribution in [0.2, 0.25) is 0 Å². The smallest absolute Gasteiger partial charge is 0.387 e. The maximum atomic E-state index is 12.2. The van der Waals surface area contributed by atoms with Gasteiger partial charge >= 0.3 is 6.61 Å². The molecule has 0 saturated heterocycles. The second-order valence-electron chi connectivity index (χ2n) is 6.77. The van der Waals surface area contributed by atoms with E-state index in [0.29, 0.717) is 13.1 Å². The lowest BCUT2D eigenvalue weighted by atomic mass is 10.2. The van der Waals surface area contributed by atoms with Crippen LogP contribution in [-0.2, 0) is 26.1 Å². The number of hydrogen-bond donors (Lipinski definition) is 1. The van der Waals surface area contributed by atoms with E-state index in [4.69, 9.17) is 0 Å². The number of halogens is 2. The molecule has 1 aliphatic rings. The molecule has 0 aliphatic carbocycles. The van der Waals surface area contributed by atoms with Crippen molar-refractivity contribution in [2.75, 3.05) is 14.1 Å². The van der Waals surface area contributed by atoms with Crippen molar-refractivity contribution in [3.63, 3.8) is 0 Å². The van der Waals surface area contributed by atoms with E-state index in [1.54, 1.807) is 19.2 Å². The van der Waals surface area contributed by atoms with Crippen LogP contribution in [0.1, 0.15) is 36.5 Å². The molecular weight excluding hydrogens is 366 g/mol. The monoisotopic (exact) mass is 392 g/mol. The van der Waals surface area contributed by atoms with E-state index in [-0.39, 0.29) is 5.75 Å². The molecular formula is C19H26F2N6O. The molecule has 0 unspecified atom stereocenters. The number of rotatable bonds is 6. The highest BCUT2D eigenvalue weighted by atomic mass is 19.3. The summed E-state index contributed by atoms with van der Waals surface area (Å²) in [4.78, 5) is 6.28. The van der Waals surface area contributed by atoms with Crippen LogP contribution in [-0.4, -0.2) is 46.3 Å². The van der Waals surface area contributed by atoms with Gasteiger partial charge in [0.25, 0.3) is 0 Å². The maximum Gasteiger partial charge on any atom is 0.387 e. The lowest BCUT2D eigenvalue weighted by molar-refractivity contribution is -0.0498. The molecule has 152 valence electrons. The zero-order valence-electron chi connectivity index (χ0n) is 16.2. The number of nitrogens with one attached hydrogen (secondary N) is 1. The molecule has 28 heavy (non-hydrogen) atoms. The second kappa shape index (κ2) is 9.48. The van der Waals surface area contributed by atoms with Gasteiger partial charge in [0, 0.05) is 33.6 Å². The number of aryl methyl sites for hydroxylation is 1. The highest BCUT2D eigenvalue weighted by Crippen LogP contribution is 2.16. The third-order valence-corrected chi connectivity index (χ3v) is 4.73. The maximum absolute atomic E-state index is 12.2. The van der Waals surface area contributed by atoms with Gasteiger partial charge in [-0.2, -0.15) is 8.78 Å². The van der Waals surface area contributed by atoms with E-state index in [1.165, 1.54) is 18.6 Å². The summed E-state index contributed by atoms with van der Waals surface area (Å²) in [7, 11) is 3.64. The van der Waals surface area contributed by atoms with Gasteiger partial charge < -0.3 is 19.5 Å². The fourth-order valence-corrected chi connectivity index (χ4v) is 3.34. The minimum atomic E-state index is -2.82. The summed E-state index contributed by atoms with van der Waals surface area (Å²) in [6, 6.07) is 6.60. The molecule has 1 aromatic carbocycles. The van der Waals surface area contributed by atoms with Crippen molar-refractivity contribution >= 4 is 5.96 Å². The van der Waals surface area contributed by atoms with Crippen LogP contribution in [0.25, 0.3) is 0 Å². The number of guanidine groups is 1. The Labute approximate surface area is 163 Å². The first-order valence-electron chi connectivity index (χ1n) is 9.43. The molecule has 0 saturated carbocycles. The van der Waals surface area contributed by atoms with E-state index in [1.807, 2.05) is 11.9 Å². The lowest BCUT2D eigenvalue weighted by Crippen LogP contribution is -2.38. The first-order chi connectivity index (χ1) is 13.6. The molecule has 7 nitrogen and oxygen atoms in total. The van der Waals surface area contributed by atoms with Crippen molar-refractivity contribution < 1.29 is 13.5 Å². The number of ether oxygens (including phenoxy) is 1. The highest BCUT2D eigenvalue weighted by molar-refractivity contribution is 5.79. The van der Waals surface area contributed by atoms with Crippen LogP contribution in [0.4, 0.5) is 8.78 Å². The van der Waals surface area contributed by atoms with Gasteiger partial charge in [-0.05, 0) is 30.5 Å². The summed E-state index contributed by atoms with van der Waals surface area (Å²) in [5.74, 6) is 2.85. The van der Waals surface area contributed by atoms with Crippen LogP contribution < -0.4 is 10.1 Å². The molecule has 0 bridgehead atoms. The average Bonchev–Trinajstić information content (AvgIpc) is 2.90. The predicted molar refractivity (Wildman–Crippen MR) is 102 cm³/mol. The van der Waals surface area contributed by atoms with Gasteiger partial charge in [0.2, 0.25) is 0 Å². The first kappa shape index (κ1) is 20.0. The summed E-state index contributed by atoms with van der Waals surface area (Å²) in [5.41, 5.74) is 0.961. The standard InChI is InChI=1S/C19H26F2N6O/c1-22-19(23-12-17-25-24-16-6-4-3-5-11-27(16)17)26(2)13-14-7-9-15(10-8-14)28-18(20)21/h7-10,18H,3-6,11-13H2,1-2H3,(H,22,23). The molecule has 0 spiro atoms. The third-order valence-electron chi connectivity index (χ3n) is 4.73. The van der Waals surface area contributed by atoms with E-state index in [9.17, 15) is 8.78 Å². The number of aliphatic imine (C=N–C) groups is 1. The van der Waals surface area contributed by atoms with Crippen LogP contribution in [0.5, 0.6) is 5.75 Å². The molecule has 1 aliphatic heterocycles. The molecule has 2 heterocycles. The number of alkyl halides is 2. The summed E-state index contributed by atoms with van der Waals surface area (Å²) >= 11 is 0.